The van der Waals surface area contributed by atoms with Crippen LogP contribution in [0.1, 0.15) is 44.7 Å². The third-order valence-electron chi connectivity index (χ3n) is 5.30. The molecule has 35 heavy (non-hydrogen) atoms. The number of carbonyl (C=O) groups excluding carboxylic acids is 4. The molecule has 0 amide bonds. The quantitative estimate of drug-likeness (QED) is 0.230. The van der Waals surface area contributed by atoms with E-state index >= 15 is 0 Å². The van der Waals surface area contributed by atoms with Gasteiger partial charge in [-0.1, -0.05) is 12.1 Å². The van der Waals surface area contributed by atoms with Crippen molar-refractivity contribution in [2.24, 2.45) is 0 Å². The number of fused-ring (bicyclic) bond motifs is 3. The van der Waals surface area contributed by atoms with Crippen molar-refractivity contribution in [3.05, 3.63) is 47.5 Å². The Hall–Kier alpha value is -3.88. The van der Waals surface area contributed by atoms with Crippen LogP contribution in [0.4, 0.5) is 0 Å². The number of hydrogen-bond acceptors (Lipinski definition) is 8. The van der Waals surface area contributed by atoms with Crippen LogP contribution in [0.3, 0.4) is 0 Å². The van der Waals surface area contributed by atoms with Crippen molar-refractivity contribution in [2.45, 2.75) is 53.4 Å². The smallest absolute Gasteiger partial charge is 0.317 e. The highest BCUT2D eigenvalue weighted by Crippen LogP contribution is 2.31. The maximum Gasteiger partial charge on any atom is 0.317 e. The molecule has 9 heteroatoms. The molecule has 0 atom stereocenters. The van der Waals surface area contributed by atoms with Gasteiger partial charge in [-0.3, -0.25) is 19.2 Å². The normalized spacial score (nSPS) is 10.8. The van der Waals surface area contributed by atoms with Gasteiger partial charge in [0, 0.05) is 28.4 Å². The number of aromatic nitrogens is 1. The molecular weight excluding hydrogens is 454 g/mol. The first-order valence-electron chi connectivity index (χ1n) is 11.5. The predicted octanol–water partition coefficient (Wildman–Crippen LogP) is 3.81. The molecule has 0 saturated heterocycles. The van der Waals surface area contributed by atoms with E-state index in [1.54, 1.807) is 13.8 Å². The summed E-state index contributed by atoms with van der Waals surface area (Å²) < 4.78 is 22.2. The molecule has 0 fully saturated rings. The van der Waals surface area contributed by atoms with E-state index in [4.69, 9.17) is 18.9 Å². The highest BCUT2D eigenvalue weighted by Gasteiger charge is 2.15. The molecule has 2 aromatic carbocycles. The van der Waals surface area contributed by atoms with Crippen molar-refractivity contribution < 1.29 is 38.1 Å². The van der Waals surface area contributed by atoms with Gasteiger partial charge in [0.15, 0.2) is 0 Å². The van der Waals surface area contributed by atoms with Crippen molar-refractivity contribution in [3.63, 3.8) is 0 Å². The van der Waals surface area contributed by atoms with Crippen LogP contribution in [-0.2, 0) is 57.9 Å². The second-order valence-electron chi connectivity index (χ2n) is 7.73. The van der Waals surface area contributed by atoms with Crippen LogP contribution in [0, 0.1) is 0 Å². The van der Waals surface area contributed by atoms with Crippen LogP contribution in [0.5, 0.6) is 0 Å². The number of benzene rings is 2. The summed E-state index contributed by atoms with van der Waals surface area (Å²) in [5.41, 5.74) is 3.58. The Kier molecular flexibility index (Phi) is 8.83. The molecule has 3 aromatic rings. The van der Waals surface area contributed by atoms with Crippen LogP contribution in [0.15, 0.2) is 36.4 Å². The lowest BCUT2D eigenvalue weighted by Gasteiger charge is -2.06. The van der Waals surface area contributed by atoms with E-state index < -0.39 is 36.7 Å². The van der Waals surface area contributed by atoms with Gasteiger partial charge in [-0.2, -0.15) is 0 Å². The summed E-state index contributed by atoms with van der Waals surface area (Å²) in [5, 5.41) is 1.92. The van der Waals surface area contributed by atoms with Gasteiger partial charge in [-0.05, 0) is 56.2 Å². The summed E-state index contributed by atoms with van der Waals surface area (Å²) in [6.45, 7) is 6.61. The predicted molar refractivity (Wildman–Crippen MR) is 127 cm³/mol. The van der Waals surface area contributed by atoms with E-state index in [9.17, 15) is 19.2 Å². The summed E-state index contributed by atoms with van der Waals surface area (Å²) in [7, 11) is 0. The summed E-state index contributed by atoms with van der Waals surface area (Å²) in [5.74, 6) is -2.53. The number of nitrogens with zero attached hydrogens (tertiary/aromatic N) is 1. The van der Waals surface area contributed by atoms with Crippen LogP contribution < -0.4 is 0 Å². The minimum Gasteiger partial charge on any atom is -0.466 e. The SMILES string of the molecule is CCOC(=O)CC(=O)OCc1ccc2c(c1)c1cc(COC(=O)CC(=O)OCC)ccc1n2CC. The minimum atomic E-state index is -0.647. The average Bonchev–Trinajstić information content (AvgIpc) is 3.14. The van der Waals surface area contributed by atoms with Crippen LogP contribution in [0.2, 0.25) is 0 Å². The number of hydrogen-bond donors (Lipinski definition) is 0. The maximum atomic E-state index is 11.9. The molecule has 1 aromatic heterocycles. The number of esters is 4. The molecule has 0 radical (unpaired) electrons. The van der Waals surface area contributed by atoms with Crippen LogP contribution in [-0.4, -0.2) is 41.7 Å². The van der Waals surface area contributed by atoms with E-state index in [-0.39, 0.29) is 26.4 Å². The molecule has 3 rings (SSSR count). The minimum absolute atomic E-state index is 0.0259. The maximum absolute atomic E-state index is 11.9. The largest absolute Gasteiger partial charge is 0.466 e. The van der Waals surface area contributed by atoms with E-state index in [2.05, 4.69) is 11.5 Å². The van der Waals surface area contributed by atoms with Gasteiger partial charge in [0.25, 0.3) is 0 Å². The number of ether oxygens (including phenoxy) is 4. The Morgan fingerprint density at radius 2 is 1.03 bits per heavy atom. The van der Waals surface area contributed by atoms with Gasteiger partial charge in [0.1, 0.15) is 26.1 Å². The molecule has 0 spiro atoms. The van der Waals surface area contributed by atoms with Crippen molar-refractivity contribution >= 4 is 45.7 Å². The lowest BCUT2D eigenvalue weighted by molar-refractivity contribution is -0.156. The lowest BCUT2D eigenvalue weighted by atomic mass is 10.1. The fraction of sp³-hybridized carbons (Fsp3) is 0.385. The number of aryl methyl sites for hydroxylation is 1. The molecule has 186 valence electrons. The molecule has 1 heterocycles. The molecule has 0 N–H and O–H groups in total. The molecule has 0 aliphatic carbocycles. The Labute approximate surface area is 202 Å². The second-order valence-corrected chi connectivity index (χ2v) is 7.73. The van der Waals surface area contributed by atoms with Crippen LogP contribution >= 0.6 is 0 Å². The first-order valence-corrected chi connectivity index (χ1v) is 11.5. The molecule has 0 bridgehead atoms. The Bertz CT molecular complexity index is 1150. The fourth-order valence-electron chi connectivity index (χ4n) is 3.81. The summed E-state index contributed by atoms with van der Waals surface area (Å²) in [6.07, 6.45) is -0.854. The first kappa shape index (κ1) is 25.7. The standard InChI is InChI=1S/C26H29NO8/c1-4-27-21-9-7-17(15-34-25(30)13-23(28)32-5-2)11-19(21)20-12-18(8-10-22(20)27)16-35-26(31)14-24(29)33-6-3/h7-12H,4-6,13-16H2,1-3H3. The van der Waals surface area contributed by atoms with Crippen molar-refractivity contribution in [1.82, 2.24) is 4.57 Å². The second kappa shape index (κ2) is 12.0. The molecule has 0 aliphatic rings. The van der Waals surface area contributed by atoms with Gasteiger partial charge < -0.3 is 23.5 Å². The zero-order chi connectivity index (χ0) is 25.4. The third kappa shape index (κ3) is 6.59. The summed E-state index contributed by atoms with van der Waals surface area (Å²) in [6, 6.07) is 11.6. The van der Waals surface area contributed by atoms with Gasteiger partial charge in [0.05, 0.1) is 13.2 Å². The summed E-state index contributed by atoms with van der Waals surface area (Å²) in [4.78, 5) is 46.7. The Balaban J connectivity index is 1.78. The van der Waals surface area contributed by atoms with Crippen molar-refractivity contribution in [3.8, 4) is 0 Å². The molecular formula is C26H29NO8. The van der Waals surface area contributed by atoms with E-state index in [0.717, 1.165) is 39.5 Å². The fourth-order valence-corrected chi connectivity index (χ4v) is 3.81. The van der Waals surface area contributed by atoms with Gasteiger partial charge in [-0.25, -0.2) is 0 Å². The molecule has 0 aliphatic heterocycles. The lowest BCUT2D eigenvalue weighted by Crippen LogP contribution is -2.13. The van der Waals surface area contributed by atoms with Crippen molar-refractivity contribution in [2.75, 3.05) is 13.2 Å². The topological polar surface area (TPSA) is 110 Å². The van der Waals surface area contributed by atoms with Gasteiger partial charge in [0.2, 0.25) is 0 Å². The highest BCUT2D eigenvalue weighted by molar-refractivity contribution is 6.08. The van der Waals surface area contributed by atoms with Crippen LogP contribution in [0.25, 0.3) is 21.8 Å². The average molecular weight is 484 g/mol. The van der Waals surface area contributed by atoms with E-state index in [1.807, 2.05) is 36.4 Å². The molecule has 0 unspecified atom stereocenters. The van der Waals surface area contributed by atoms with Gasteiger partial charge >= 0.3 is 23.9 Å². The molecule has 9 nitrogen and oxygen atoms in total. The highest BCUT2D eigenvalue weighted by atomic mass is 16.6. The monoisotopic (exact) mass is 483 g/mol. The number of rotatable bonds is 11. The zero-order valence-electron chi connectivity index (χ0n) is 20.1. The number of carbonyl (C=O) groups is 4. The van der Waals surface area contributed by atoms with E-state index in [0.29, 0.717) is 0 Å². The zero-order valence-corrected chi connectivity index (χ0v) is 20.1. The third-order valence-corrected chi connectivity index (χ3v) is 5.30. The summed E-state index contributed by atoms with van der Waals surface area (Å²) >= 11 is 0. The molecule has 0 saturated carbocycles. The Morgan fingerprint density at radius 3 is 1.40 bits per heavy atom. The Morgan fingerprint density at radius 1 is 0.629 bits per heavy atom. The van der Waals surface area contributed by atoms with Crippen molar-refractivity contribution in [1.29, 1.82) is 0 Å². The first-order chi connectivity index (χ1) is 16.9. The van der Waals surface area contributed by atoms with E-state index in [1.165, 1.54) is 0 Å². The van der Waals surface area contributed by atoms with Gasteiger partial charge in [-0.15, -0.1) is 0 Å².